The van der Waals surface area contributed by atoms with Gasteiger partial charge in [0.15, 0.2) is 0 Å². The molecule has 0 bridgehead atoms. The molecule has 4 nitrogen and oxygen atoms in total. The molecule has 5 heteroatoms. The van der Waals surface area contributed by atoms with Crippen LogP contribution in [0.4, 0.5) is 14.9 Å². The second kappa shape index (κ2) is 6.68. The van der Waals surface area contributed by atoms with Crippen molar-refractivity contribution in [3.05, 3.63) is 66.0 Å². The second-order valence-corrected chi connectivity index (χ2v) is 4.30. The van der Waals surface area contributed by atoms with E-state index in [9.17, 15) is 9.18 Å². The molecule has 4 N–H and O–H groups in total. The molecule has 0 spiro atoms. The van der Waals surface area contributed by atoms with E-state index in [0.717, 1.165) is 5.56 Å². The van der Waals surface area contributed by atoms with Crippen LogP contribution in [0, 0.1) is 5.82 Å². The Morgan fingerprint density at radius 2 is 1.75 bits per heavy atom. The van der Waals surface area contributed by atoms with Gasteiger partial charge in [0.1, 0.15) is 5.82 Å². The summed E-state index contributed by atoms with van der Waals surface area (Å²) in [5.74, 6) is -0.347. The maximum Gasteiger partial charge on any atom is 0.319 e. The maximum absolute atomic E-state index is 12.8. The number of rotatable bonds is 4. The second-order valence-electron chi connectivity index (χ2n) is 4.30. The smallest absolute Gasteiger partial charge is 0.319 e. The van der Waals surface area contributed by atoms with Gasteiger partial charge in [-0.05, 0) is 29.8 Å². The van der Waals surface area contributed by atoms with Gasteiger partial charge in [0.05, 0.1) is 6.04 Å². The van der Waals surface area contributed by atoms with Gasteiger partial charge in [0, 0.05) is 12.2 Å². The van der Waals surface area contributed by atoms with Crippen LogP contribution < -0.4 is 16.4 Å². The molecule has 0 aliphatic carbocycles. The van der Waals surface area contributed by atoms with Crippen LogP contribution in [0.15, 0.2) is 54.6 Å². The van der Waals surface area contributed by atoms with E-state index in [-0.39, 0.29) is 17.9 Å². The van der Waals surface area contributed by atoms with Gasteiger partial charge in [-0.15, -0.1) is 0 Å². The molecule has 20 heavy (non-hydrogen) atoms. The van der Waals surface area contributed by atoms with Crippen LogP contribution in [0.1, 0.15) is 11.6 Å². The minimum absolute atomic E-state index is 0.267. The topological polar surface area (TPSA) is 67.1 Å². The molecular weight excluding hydrogens is 257 g/mol. The fourth-order valence-corrected chi connectivity index (χ4v) is 1.82. The van der Waals surface area contributed by atoms with Crippen molar-refractivity contribution >= 4 is 11.7 Å². The fraction of sp³-hybridized carbons (Fsp3) is 0.133. The Balaban J connectivity index is 1.97. The van der Waals surface area contributed by atoms with Crippen LogP contribution in [-0.2, 0) is 0 Å². The Bertz CT molecular complexity index is 557. The summed E-state index contributed by atoms with van der Waals surface area (Å²) in [5, 5.41) is 5.41. The van der Waals surface area contributed by atoms with E-state index >= 15 is 0 Å². The van der Waals surface area contributed by atoms with Gasteiger partial charge in [-0.2, -0.15) is 0 Å². The average Bonchev–Trinajstić information content (AvgIpc) is 2.48. The number of urea groups is 1. The first kappa shape index (κ1) is 14.0. The van der Waals surface area contributed by atoms with Crippen LogP contribution in [-0.4, -0.2) is 12.6 Å². The number of benzene rings is 2. The van der Waals surface area contributed by atoms with Crippen molar-refractivity contribution in [3.8, 4) is 0 Å². The Kier molecular flexibility index (Phi) is 4.68. The first-order chi connectivity index (χ1) is 9.69. The van der Waals surface area contributed by atoms with Crippen LogP contribution in [0.2, 0.25) is 0 Å². The lowest BCUT2D eigenvalue weighted by molar-refractivity contribution is 0.249. The SMILES string of the molecule is NCC(NC(=O)Nc1ccc(F)cc1)c1ccccc1. The largest absolute Gasteiger partial charge is 0.330 e. The van der Waals surface area contributed by atoms with E-state index in [2.05, 4.69) is 10.6 Å². The predicted octanol–water partition coefficient (Wildman–Crippen LogP) is 2.65. The monoisotopic (exact) mass is 273 g/mol. The van der Waals surface area contributed by atoms with Crippen molar-refractivity contribution in [3.63, 3.8) is 0 Å². The Hall–Kier alpha value is -2.40. The van der Waals surface area contributed by atoms with Crippen molar-refractivity contribution in [2.75, 3.05) is 11.9 Å². The number of carbonyl (C=O) groups excluding carboxylic acids is 1. The third kappa shape index (κ3) is 3.80. The van der Waals surface area contributed by atoms with Crippen molar-refractivity contribution in [1.29, 1.82) is 0 Å². The van der Waals surface area contributed by atoms with Gasteiger partial charge in [-0.25, -0.2) is 9.18 Å². The minimum atomic E-state index is -0.379. The lowest BCUT2D eigenvalue weighted by Crippen LogP contribution is -2.36. The fourth-order valence-electron chi connectivity index (χ4n) is 1.82. The summed E-state index contributed by atoms with van der Waals surface area (Å²) >= 11 is 0. The van der Waals surface area contributed by atoms with Gasteiger partial charge in [0.25, 0.3) is 0 Å². The zero-order chi connectivity index (χ0) is 14.4. The lowest BCUT2D eigenvalue weighted by Gasteiger charge is -2.17. The molecule has 0 aliphatic heterocycles. The summed E-state index contributed by atoms with van der Waals surface area (Å²) in [6.45, 7) is 0.293. The molecular formula is C15H16FN3O. The van der Waals surface area contributed by atoms with Crippen LogP contribution in [0.3, 0.4) is 0 Å². The highest BCUT2D eigenvalue weighted by molar-refractivity contribution is 5.89. The number of anilines is 1. The summed E-state index contributed by atoms with van der Waals surface area (Å²) in [6, 6.07) is 14.4. The zero-order valence-corrected chi connectivity index (χ0v) is 10.8. The summed E-state index contributed by atoms with van der Waals surface area (Å²) in [5.41, 5.74) is 7.13. The van der Waals surface area contributed by atoms with Gasteiger partial charge < -0.3 is 16.4 Å². The van der Waals surface area contributed by atoms with Gasteiger partial charge in [0.2, 0.25) is 0 Å². The van der Waals surface area contributed by atoms with E-state index in [1.807, 2.05) is 30.3 Å². The molecule has 0 radical (unpaired) electrons. The predicted molar refractivity (Wildman–Crippen MR) is 76.8 cm³/mol. The van der Waals surface area contributed by atoms with E-state index in [1.54, 1.807) is 0 Å². The summed E-state index contributed by atoms with van der Waals surface area (Å²) in [7, 11) is 0. The number of carbonyl (C=O) groups is 1. The van der Waals surface area contributed by atoms with Gasteiger partial charge >= 0.3 is 6.03 Å². The lowest BCUT2D eigenvalue weighted by atomic mass is 10.1. The number of halogens is 1. The molecule has 2 aromatic rings. The quantitative estimate of drug-likeness (QED) is 0.801. The highest BCUT2D eigenvalue weighted by atomic mass is 19.1. The summed E-state index contributed by atoms with van der Waals surface area (Å²) in [6.07, 6.45) is 0. The van der Waals surface area contributed by atoms with Crippen molar-refractivity contribution < 1.29 is 9.18 Å². The first-order valence-electron chi connectivity index (χ1n) is 6.27. The minimum Gasteiger partial charge on any atom is -0.330 e. The first-order valence-corrected chi connectivity index (χ1v) is 6.27. The molecule has 1 atom stereocenters. The molecule has 2 amide bonds. The number of amides is 2. The normalized spacial score (nSPS) is 11.7. The van der Waals surface area contributed by atoms with Crippen LogP contribution in [0.5, 0.6) is 0 Å². The molecule has 0 fully saturated rings. The number of nitrogens with two attached hydrogens (primary N) is 1. The summed E-state index contributed by atoms with van der Waals surface area (Å²) < 4.78 is 12.8. The van der Waals surface area contributed by atoms with Crippen molar-refractivity contribution in [1.82, 2.24) is 5.32 Å². The average molecular weight is 273 g/mol. The number of nitrogens with one attached hydrogen (secondary N) is 2. The Morgan fingerprint density at radius 3 is 2.35 bits per heavy atom. The molecule has 0 aliphatic rings. The molecule has 2 aromatic carbocycles. The molecule has 0 saturated heterocycles. The van der Waals surface area contributed by atoms with E-state index < -0.39 is 0 Å². The Labute approximate surface area is 116 Å². The molecule has 0 heterocycles. The number of hydrogen-bond acceptors (Lipinski definition) is 2. The van der Waals surface area contributed by atoms with Crippen LogP contribution in [0.25, 0.3) is 0 Å². The third-order valence-electron chi connectivity index (χ3n) is 2.85. The van der Waals surface area contributed by atoms with Crippen molar-refractivity contribution in [2.45, 2.75) is 6.04 Å². The molecule has 0 saturated carbocycles. The van der Waals surface area contributed by atoms with Gasteiger partial charge in [-0.3, -0.25) is 0 Å². The van der Waals surface area contributed by atoms with Crippen LogP contribution >= 0.6 is 0 Å². The van der Waals surface area contributed by atoms with E-state index in [0.29, 0.717) is 12.2 Å². The van der Waals surface area contributed by atoms with Gasteiger partial charge in [-0.1, -0.05) is 30.3 Å². The molecule has 0 aromatic heterocycles. The summed E-state index contributed by atoms with van der Waals surface area (Å²) in [4.78, 5) is 11.9. The number of hydrogen-bond donors (Lipinski definition) is 3. The molecule has 104 valence electrons. The maximum atomic E-state index is 12.8. The zero-order valence-electron chi connectivity index (χ0n) is 10.8. The molecule has 1 unspecified atom stereocenters. The highest BCUT2D eigenvalue weighted by Gasteiger charge is 2.12. The van der Waals surface area contributed by atoms with E-state index in [4.69, 9.17) is 5.73 Å². The standard InChI is InChI=1S/C15H16FN3O/c16-12-6-8-13(9-7-12)18-15(20)19-14(10-17)11-4-2-1-3-5-11/h1-9,14H,10,17H2,(H2,18,19,20). The van der Waals surface area contributed by atoms with E-state index in [1.165, 1.54) is 24.3 Å². The third-order valence-corrected chi connectivity index (χ3v) is 2.85. The Morgan fingerprint density at radius 1 is 1.10 bits per heavy atom. The van der Waals surface area contributed by atoms with Crippen molar-refractivity contribution in [2.24, 2.45) is 5.73 Å². The molecule has 2 rings (SSSR count). The highest BCUT2D eigenvalue weighted by Crippen LogP contribution is 2.12.